The average molecular weight is 567 g/mol. The lowest BCUT2D eigenvalue weighted by Gasteiger charge is -2.45. The standard InChI is InChI=1S/C33H34N4O5/c1-40-33(39)37(25-12-6-3-7-13-25)35-32(38)30-27-14-8-9-15-29(27)34-31(23-10-4-2-5-11-23)28(30)22-42-26-20-36(21-26)24-16-18-41-19-17-24/h2-15,24,26H,16-22H2,1H3,(H,35,38). The van der Waals surface area contributed by atoms with Crippen LogP contribution in [0, 0.1) is 0 Å². The van der Waals surface area contributed by atoms with Gasteiger partial charge in [-0.15, -0.1) is 0 Å². The Kier molecular flexibility index (Phi) is 8.41. The zero-order valence-electron chi connectivity index (χ0n) is 23.6. The Hall–Kier alpha value is -4.31. The van der Waals surface area contributed by atoms with Crippen LogP contribution in [0.4, 0.5) is 10.5 Å². The van der Waals surface area contributed by atoms with Gasteiger partial charge >= 0.3 is 6.09 Å². The normalized spacial score (nSPS) is 16.1. The van der Waals surface area contributed by atoms with E-state index in [0.717, 1.165) is 49.7 Å². The van der Waals surface area contributed by atoms with Crippen LogP contribution < -0.4 is 10.4 Å². The molecule has 9 nitrogen and oxygen atoms in total. The number of benzene rings is 3. The van der Waals surface area contributed by atoms with Crippen molar-refractivity contribution < 1.29 is 23.8 Å². The van der Waals surface area contributed by atoms with Gasteiger partial charge in [-0.3, -0.25) is 15.1 Å². The molecule has 4 aromatic rings. The first-order valence-electron chi connectivity index (χ1n) is 14.3. The third kappa shape index (κ3) is 5.85. The van der Waals surface area contributed by atoms with Crippen LogP contribution in [0.25, 0.3) is 22.2 Å². The van der Waals surface area contributed by atoms with E-state index in [4.69, 9.17) is 19.2 Å². The maximum Gasteiger partial charge on any atom is 0.433 e. The van der Waals surface area contributed by atoms with Crippen LogP contribution in [0.1, 0.15) is 28.8 Å². The number of nitrogens with one attached hydrogen (secondary N) is 1. The number of methoxy groups -OCH3 is 1. The predicted octanol–water partition coefficient (Wildman–Crippen LogP) is 5.20. The summed E-state index contributed by atoms with van der Waals surface area (Å²) in [6.07, 6.45) is 1.43. The van der Waals surface area contributed by atoms with Crippen LogP contribution in [0.3, 0.4) is 0 Å². The van der Waals surface area contributed by atoms with Crippen molar-refractivity contribution in [1.29, 1.82) is 0 Å². The number of carbonyl (C=O) groups excluding carboxylic acids is 2. The third-order valence-electron chi connectivity index (χ3n) is 7.90. The summed E-state index contributed by atoms with van der Waals surface area (Å²) >= 11 is 0. The van der Waals surface area contributed by atoms with E-state index in [1.807, 2.05) is 60.7 Å². The number of hydrogen-bond acceptors (Lipinski definition) is 7. The van der Waals surface area contributed by atoms with Crippen LogP contribution >= 0.6 is 0 Å². The molecule has 0 unspecified atom stereocenters. The van der Waals surface area contributed by atoms with E-state index >= 15 is 0 Å². The number of hydrazine groups is 1. The lowest BCUT2D eigenvalue weighted by Crippen LogP contribution is -2.57. The van der Waals surface area contributed by atoms with Gasteiger partial charge in [0.05, 0.1) is 42.3 Å². The second-order valence-electron chi connectivity index (χ2n) is 10.5. The molecule has 0 bridgehead atoms. The first-order chi connectivity index (χ1) is 20.6. The Labute approximate surface area is 245 Å². The Morgan fingerprint density at radius 1 is 0.952 bits per heavy atom. The number of carbonyl (C=O) groups is 2. The molecule has 3 heterocycles. The van der Waals surface area contributed by atoms with E-state index in [0.29, 0.717) is 39.5 Å². The molecule has 0 saturated carbocycles. The zero-order valence-corrected chi connectivity index (χ0v) is 23.6. The molecule has 42 heavy (non-hydrogen) atoms. The van der Waals surface area contributed by atoms with Crippen molar-refractivity contribution in [2.75, 3.05) is 38.4 Å². The highest BCUT2D eigenvalue weighted by atomic mass is 16.5. The third-order valence-corrected chi connectivity index (χ3v) is 7.90. The highest BCUT2D eigenvalue weighted by Crippen LogP contribution is 2.32. The van der Waals surface area contributed by atoms with Crippen LogP contribution in [0.5, 0.6) is 0 Å². The number of fused-ring (bicyclic) bond motifs is 1. The number of amides is 2. The quantitative estimate of drug-likeness (QED) is 0.308. The molecule has 0 aliphatic carbocycles. The van der Waals surface area contributed by atoms with Crippen molar-refractivity contribution in [2.45, 2.75) is 31.6 Å². The van der Waals surface area contributed by atoms with Crippen molar-refractivity contribution in [1.82, 2.24) is 15.3 Å². The monoisotopic (exact) mass is 566 g/mol. The van der Waals surface area contributed by atoms with Gasteiger partial charge in [0.25, 0.3) is 5.91 Å². The molecular weight excluding hydrogens is 532 g/mol. The fourth-order valence-electron chi connectivity index (χ4n) is 5.65. The number of aromatic nitrogens is 1. The van der Waals surface area contributed by atoms with Gasteiger partial charge in [-0.2, -0.15) is 5.01 Å². The molecule has 0 atom stereocenters. The van der Waals surface area contributed by atoms with Gasteiger partial charge in [-0.05, 0) is 31.0 Å². The van der Waals surface area contributed by atoms with Gasteiger partial charge in [0.2, 0.25) is 0 Å². The molecule has 2 aliphatic rings. The number of para-hydroxylation sites is 2. The average Bonchev–Trinajstić information content (AvgIpc) is 3.03. The summed E-state index contributed by atoms with van der Waals surface area (Å²) in [5.41, 5.74) is 6.56. The first-order valence-corrected chi connectivity index (χ1v) is 14.3. The summed E-state index contributed by atoms with van der Waals surface area (Å²) in [5.74, 6) is -0.462. The summed E-state index contributed by atoms with van der Waals surface area (Å²) < 4.78 is 17.0. The molecule has 2 saturated heterocycles. The minimum absolute atomic E-state index is 0.0507. The molecule has 0 radical (unpaired) electrons. The van der Waals surface area contributed by atoms with Gasteiger partial charge in [-0.25, -0.2) is 9.78 Å². The van der Waals surface area contributed by atoms with E-state index < -0.39 is 12.0 Å². The van der Waals surface area contributed by atoms with E-state index in [1.54, 1.807) is 24.3 Å². The van der Waals surface area contributed by atoms with E-state index in [1.165, 1.54) is 7.11 Å². The molecule has 2 aliphatic heterocycles. The summed E-state index contributed by atoms with van der Waals surface area (Å²) in [7, 11) is 1.28. The summed E-state index contributed by atoms with van der Waals surface area (Å²) in [6, 6.07) is 26.7. The second-order valence-corrected chi connectivity index (χ2v) is 10.5. The Morgan fingerprint density at radius 3 is 2.33 bits per heavy atom. The highest BCUT2D eigenvalue weighted by molar-refractivity contribution is 6.10. The number of hydrogen-bond donors (Lipinski definition) is 1. The largest absolute Gasteiger partial charge is 0.451 e. The Morgan fingerprint density at radius 2 is 1.62 bits per heavy atom. The van der Waals surface area contributed by atoms with Crippen LogP contribution in [-0.4, -0.2) is 67.4 Å². The number of pyridine rings is 1. The number of rotatable bonds is 7. The van der Waals surface area contributed by atoms with Gasteiger partial charge in [-0.1, -0.05) is 66.7 Å². The van der Waals surface area contributed by atoms with Crippen molar-refractivity contribution in [3.05, 3.63) is 96.1 Å². The Balaban J connectivity index is 1.36. The summed E-state index contributed by atoms with van der Waals surface area (Å²) in [5, 5.41) is 1.78. The van der Waals surface area contributed by atoms with E-state index in [9.17, 15) is 9.59 Å². The lowest BCUT2D eigenvalue weighted by atomic mass is 9.96. The topological polar surface area (TPSA) is 93.2 Å². The predicted molar refractivity (Wildman–Crippen MR) is 160 cm³/mol. The number of ether oxygens (including phenoxy) is 3. The minimum atomic E-state index is -0.711. The van der Waals surface area contributed by atoms with Crippen molar-refractivity contribution in [3.8, 4) is 11.3 Å². The van der Waals surface area contributed by atoms with Crippen molar-refractivity contribution in [2.24, 2.45) is 0 Å². The minimum Gasteiger partial charge on any atom is -0.451 e. The Bertz CT molecular complexity index is 1540. The molecule has 2 fully saturated rings. The highest BCUT2D eigenvalue weighted by Gasteiger charge is 2.34. The fourth-order valence-corrected chi connectivity index (χ4v) is 5.65. The summed E-state index contributed by atoms with van der Waals surface area (Å²) in [6.45, 7) is 3.50. The molecule has 2 amide bonds. The first kappa shape index (κ1) is 27.8. The molecule has 3 aromatic carbocycles. The number of anilines is 1. The molecule has 1 aromatic heterocycles. The summed E-state index contributed by atoms with van der Waals surface area (Å²) in [4.78, 5) is 34.4. The molecule has 1 N–H and O–H groups in total. The maximum atomic E-state index is 14.2. The smallest absolute Gasteiger partial charge is 0.433 e. The van der Waals surface area contributed by atoms with Crippen LogP contribution in [-0.2, 0) is 20.8 Å². The second kappa shape index (κ2) is 12.7. The fraction of sp³-hybridized carbons (Fsp3) is 0.303. The van der Waals surface area contributed by atoms with Crippen LogP contribution in [0.15, 0.2) is 84.9 Å². The molecular formula is C33H34N4O5. The molecule has 0 spiro atoms. The number of likely N-dealkylation sites (tertiary alicyclic amines) is 1. The van der Waals surface area contributed by atoms with Gasteiger partial charge in [0, 0.05) is 48.9 Å². The van der Waals surface area contributed by atoms with E-state index in [2.05, 4.69) is 10.3 Å². The SMILES string of the molecule is COC(=O)N(NC(=O)c1c(COC2CN(C3CCOCC3)C2)c(-c2ccccc2)nc2ccccc12)c1ccccc1. The maximum absolute atomic E-state index is 14.2. The van der Waals surface area contributed by atoms with Gasteiger partial charge in [0.15, 0.2) is 0 Å². The molecule has 9 heteroatoms. The molecule has 6 rings (SSSR count). The lowest BCUT2D eigenvalue weighted by molar-refractivity contribution is -0.0950. The van der Waals surface area contributed by atoms with Crippen LogP contribution in [0.2, 0.25) is 0 Å². The molecule has 216 valence electrons. The number of nitrogens with zero attached hydrogens (tertiary/aromatic N) is 3. The van der Waals surface area contributed by atoms with Crippen molar-refractivity contribution in [3.63, 3.8) is 0 Å². The van der Waals surface area contributed by atoms with Gasteiger partial charge < -0.3 is 14.2 Å². The van der Waals surface area contributed by atoms with Crippen molar-refractivity contribution >= 4 is 28.6 Å². The van der Waals surface area contributed by atoms with E-state index in [-0.39, 0.29) is 12.7 Å². The van der Waals surface area contributed by atoms with Gasteiger partial charge in [0.1, 0.15) is 0 Å². The zero-order chi connectivity index (χ0) is 28.9.